The molecule has 0 aliphatic carbocycles. The van der Waals surface area contributed by atoms with Gasteiger partial charge in [-0.3, -0.25) is 25.0 Å². The maximum atomic E-state index is 12.1. The minimum atomic E-state index is -0.733. The molecular formula is C16H12N2O6. The number of methoxy groups -OCH3 is 1. The third-order valence-electron chi connectivity index (χ3n) is 3.19. The molecule has 0 aliphatic rings. The van der Waals surface area contributed by atoms with Gasteiger partial charge in [-0.2, -0.15) is 0 Å². The first-order valence-corrected chi connectivity index (χ1v) is 6.71. The van der Waals surface area contributed by atoms with Crippen LogP contribution in [0.3, 0.4) is 0 Å². The summed E-state index contributed by atoms with van der Waals surface area (Å²) in [6, 6.07) is 9.68. The molecule has 0 spiro atoms. The highest BCUT2D eigenvalue weighted by molar-refractivity contribution is 6.07. The lowest BCUT2D eigenvalue weighted by Crippen LogP contribution is -1.97. The van der Waals surface area contributed by atoms with E-state index in [4.69, 9.17) is 4.74 Å². The molecule has 0 bridgehead atoms. The van der Waals surface area contributed by atoms with Crippen molar-refractivity contribution in [1.82, 2.24) is 0 Å². The minimum absolute atomic E-state index is 0.0989. The number of rotatable bonds is 6. The summed E-state index contributed by atoms with van der Waals surface area (Å²) >= 11 is 0. The molecule has 0 atom stereocenters. The van der Waals surface area contributed by atoms with Gasteiger partial charge in [0.25, 0.3) is 11.4 Å². The van der Waals surface area contributed by atoms with Gasteiger partial charge in [0.15, 0.2) is 5.78 Å². The van der Waals surface area contributed by atoms with Gasteiger partial charge >= 0.3 is 0 Å². The SMILES string of the molecule is COc1cccc(C(=O)/C=C/c2ccc([N+](=O)[O-])cc2[N+](=O)[O-])c1. The first kappa shape index (κ1) is 16.8. The fraction of sp³-hybridized carbons (Fsp3) is 0.0625. The average Bonchev–Trinajstić information content (AvgIpc) is 2.59. The summed E-state index contributed by atoms with van der Waals surface area (Å²) in [5.41, 5.74) is -0.381. The highest BCUT2D eigenvalue weighted by atomic mass is 16.6. The number of carbonyl (C=O) groups excluding carboxylic acids is 1. The number of nitrogens with zero attached hydrogens (tertiary/aromatic N) is 2. The van der Waals surface area contributed by atoms with Gasteiger partial charge in [0.05, 0.1) is 28.6 Å². The number of non-ortho nitro benzene ring substituents is 1. The quantitative estimate of drug-likeness (QED) is 0.347. The first-order chi connectivity index (χ1) is 11.4. The van der Waals surface area contributed by atoms with E-state index in [1.54, 1.807) is 18.2 Å². The Morgan fingerprint density at radius 3 is 2.46 bits per heavy atom. The molecule has 0 saturated heterocycles. The minimum Gasteiger partial charge on any atom is -0.497 e. The molecule has 0 aliphatic heterocycles. The molecule has 2 aromatic carbocycles. The Kier molecular flexibility index (Phi) is 5.00. The summed E-state index contributed by atoms with van der Waals surface area (Å²) in [6.07, 6.45) is 2.42. The molecule has 0 N–H and O–H groups in total. The second-order valence-corrected chi connectivity index (χ2v) is 4.69. The van der Waals surface area contributed by atoms with Crippen LogP contribution < -0.4 is 4.74 Å². The maximum Gasteiger partial charge on any atom is 0.283 e. The average molecular weight is 328 g/mol. The standard InChI is InChI=1S/C16H12N2O6/c1-24-14-4-2-3-12(9-14)16(19)8-6-11-5-7-13(17(20)21)10-15(11)18(22)23/h2-10H,1H3/b8-6+. The van der Waals surface area contributed by atoms with Gasteiger partial charge < -0.3 is 4.74 Å². The van der Waals surface area contributed by atoms with Crippen LogP contribution >= 0.6 is 0 Å². The van der Waals surface area contributed by atoms with Crippen molar-refractivity contribution in [3.63, 3.8) is 0 Å². The van der Waals surface area contributed by atoms with E-state index in [9.17, 15) is 25.0 Å². The molecule has 0 heterocycles. The molecule has 0 amide bonds. The van der Waals surface area contributed by atoms with Gasteiger partial charge in [-0.05, 0) is 30.4 Å². The molecule has 8 heteroatoms. The Morgan fingerprint density at radius 1 is 1.08 bits per heavy atom. The Balaban J connectivity index is 2.32. The fourth-order valence-corrected chi connectivity index (χ4v) is 1.98. The number of ether oxygens (including phenoxy) is 1. The highest BCUT2D eigenvalue weighted by Gasteiger charge is 2.18. The van der Waals surface area contributed by atoms with Gasteiger partial charge in [-0.15, -0.1) is 0 Å². The van der Waals surface area contributed by atoms with Crippen LogP contribution in [0.5, 0.6) is 5.75 Å². The van der Waals surface area contributed by atoms with E-state index in [0.717, 1.165) is 12.1 Å². The second-order valence-electron chi connectivity index (χ2n) is 4.69. The fourth-order valence-electron chi connectivity index (χ4n) is 1.98. The normalized spacial score (nSPS) is 10.5. The van der Waals surface area contributed by atoms with E-state index in [2.05, 4.69) is 0 Å². The number of ketones is 1. The van der Waals surface area contributed by atoms with Crippen molar-refractivity contribution in [2.75, 3.05) is 7.11 Å². The molecule has 0 unspecified atom stereocenters. The number of benzene rings is 2. The van der Waals surface area contributed by atoms with Crippen molar-refractivity contribution in [3.05, 3.63) is 79.9 Å². The van der Waals surface area contributed by atoms with Crippen LogP contribution in [0.25, 0.3) is 6.08 Å². The summed E-state index contributed by atoms with van der Waals surface area (Å²) in [5, 5.41) is 21.7. The zero-order valence-corrected chi connectivity index (χ0v) is 12.5. The van der Waals surface area contributed by atoms with E-state index in [1.807, 2.05) is 0 Å². The summed E-state index contributed by atoms with van der Waals surface area (Å²) in [6.45, 7) is 0. The molecule has 24 heavy (non-hydrogen) atoms. The molecular weight excluding hydrogens is 316 g/mol. The summed E-state index contributed by atoms with van der Waals surface area (Å²) in [5.74, 6) is 0.136. The summed E-state index contributed by atoms with van der Waals surface area (Å²) in [4.78, 5) is 32.4. The number of hydrogen-bond donors (Lipinski definition) is 0. The van der Waals surface area contributed by atoms with Gasteiger partial charge in [0.2, 0.25) is 0 Å². The highest BCUT2D eigenvalue weighted by Crippen LogP contribution is 2.26. The van der Waals surface area contributed by atoms with E-state index in [1.165, 1.54) is 31.4 Å². The Morgan fingerprint density at radius 2 is 1.83 bits per heavy atom. The lowest BCUT2D eigenvalue weighted by atomic mass is 10.1. The van der Waals surface area contributed by atoms with Gasteiger partial charge in [-0.1, -0.05) is 12.1 Å². The zero-order valence-electron chi connectivity index (χ0n) is 12.5. The second kappa shape index (κ2) is 7.14. The van der Waals surface area contributed by atoms with Crippen LogP contribution in [-0.4, -0.2) is 22.7 Å². The molecule has 0 saturated carbocycles. The Labute approximate surface area is 136 Å². The first-order valence-electron chi connectivity index (χ1n) is 6.71. The van der Waals surface area contributed by atoms with Crippen LogP contribution in [0.15, 0.2) is 48.5 Å². The van der Waals surface area contributed by atoms with Gasteiger partial charge in [0, 0.05) is 11.6 Å². The number of nitro groups is 2. The molecule has 2 rings (SSSR count). The van der Waals surface area contributed by atoms with Crippen molar-refractivity contribution >= 4 is 23.2 Å². The summed E-state index contributed by atoms with van der Waals surface area (Å²) < 4.78 is 5.02. The third kappa shape index (κ3) is 3.80. The van der Waals surface area contributed by atoms with Crippen LogP contribution in [0, 0.1) is 20.2 Å². The van der Waals surface area contributed by atoms with E-state index in [0.29, 0.717) is 11.3 Å². The lowest BCUT2D eigenvalue weighted by molar-refractivity contribution is -0.394. The van der Waals surface area contributed by atoms with Crippen molar-refractivity contribution in [3.8, 4) is 5.75 Å². The molecule has 0 fully saturated rings. The monoisotopic (exact) mass is 328 g/mol. The van der Waals surface area contributed by atoms with E-state index < -0.39 is 21.2 Å². The number of allylic oxidation sites excluding steroid dienone is 1. The third-order valence-corrected chi connectivity index (χ3v) is 3.19. The smallest absolute Gasteiger partial charge is 0.283 e. The molecule has 0 radical (unpaired) electrons. The van der Waals surface area contributed by atoms with Crippen LogP contribution in [0.1, 0.15) is 15.9 Å². The van der Waals surface area contributed by atoms with Crippen molar-refractivity contribution in [2.45, 2.75) is 0 Å². The molecule has 2 aromatic rings. The molecule has 8 nitrogen and oxygen atoms in total. The largest absolute Gasteiger partial charge is 0.497 e. The van der Waals surface area contributed by atoms with Crippen LogP contribution in [0.2, 0.25) is 0 Å². The van der Waals surface area contributed by atoms with E-state index in [-0.39, 0.29) is 11.3 Å². The predicted octanol–water partition coefficient (Wildman–Crippen LogP) is 3.41. The Bertz CT molecular complexity index is 844. The zero-order chi connectivity index (χ0) is 17.7. The molecule has 0 aromatic heterocycles. The summed E-state index contributed by atoms with van der Waals surface area (Å²) in [7, 11) is 1.47. The van der Waals surface area contributed by atoms with Crippen molar-refractivity contribution in [2.24, 2.45) is 0 Å². The van der Waals surface area contributed by atoms with E-state index >= 15 is 0 Å². The van der Waals surface area contributed by atoms with Gasteiger partial charge in [0.1, 0.15) is 5.75 Å². The van der Waals surface area contributed by atoms with Crippen molar-refractivity contribution in [1.29, 1.82) is 0 Å². The number of nitro benzene ring substituents is 2. The predicted molar refractivity (Wildman–Crippen MR) is 86.1 cm³/mol. The van der Waals surface area contributed by atoms with Crippen molar-refractivity contribution < 1.29 is 19.4 Å². The number of carbonyl (C=O) groups is 1. The number of hydrogen-bond acceptors (Lipinski definition) is 6. The maximum absolute atomic E-state index is 12.1. The lowest BCUT2D eigenvalue weighted by Gasteiger charge is -2.01. The van der Waals surface area contributed by atoms with Crippen LogP contribution in [-0.2, 0) is 0 Å². The van der Waals surface area contributed by atoms with Crippen LogP contribution in [0.4, 0.5) is 11.4 Å². The Hall–Kier alpha value is -3.55. The topological polar surface area (TPSA) is 113 Å². The van der Waals surface area contributed by atoms with Gasteiger partial charge in [-0.25, -0.2) is 0 Å². The molecule has 122 valence electrons.